The molecule has 0 unspecified atom stereocenters. The van der Waals surface area contributed by atoms with Crippen LogP contribution >= 0.6 is 11.6 Å². The van der Waals surface area contributed by atoms with E-state index in [9.17, 15) is 9.90 Å². The van der Waals surface area contributed by atoms with E-state index in [4.69, 9.17) is 22.1 Å². The number of hydrogen-bond donors (Lipinski definition) is 1. The number of halogens is 1. The van der Waals surface area contributed by atoms with Crippen LogP contribution in [0, 0.1) is 0 Å². The number of benzene rings is 2. The average Bonchev–Trinajstić information content (AvgIpc) is 2.36. The summed E-state index contributed by atoms with van der Waals surface area (Å²) in [6.07, 6.45) is -0.246. The molecule has 0 aliphatic rings. The van der Waals surface area contributed by atoms with Gasteiger partial charge in [0.15, 0.2) is 5.75 Å². The number of aliphatic carboxylic acids is 1. The first-order valence-electron chi connectivity index (χ1n) is 5.57. The number of carboxylic acid groups (broad SMARTS) is 1. The number of anilines is 1. The topological polar surface area (TPSA) is 75.4 Å². The van der Waals surface area contributed by atoms with E-state index in [1.54, 1.807) is 42.5 Å². The van der Waals surface area contributed by atoms with Gasteiger partial charge in [0.25, 0.3) is 0 Å². The van der Waals surface area contributed by atoms with Crippen molar-refractivity contribution in [2.75, 3.05) is 5.73 Å². The molecule has 2 N–H and O–H groups in total. The van der Waals surface area contributed by atoms with E-state index in [0.29, 0.717) is 27.8 Å². The molecule has 0 radical (unpaired) electrons. The Hall–Kier alpha value is -1.20. The summed E-state index contributed by atoms with van der Waals surface area (Å²) < 4.78 is 5.59. The van der Waals surface area contributed by atoms with Gasteiger partial charge in [-0.2, -0.15) is 0 Å². The van der Waals surface area contributed by atoms with Crippen molar-refractivity contribution in [1.82, 2.24) is 0 Å². The summed E-state index contributed by atoms with van der Waals surface area (Å²) in [4.78, 5) is 10.6. The van der Waals surface area contributed by atoms with Gasteiger partial charge in [-0.1, -0.05) is 23.7 Å². The molecule has 6 heteroatoms. The number of carbonyl (C=O) groups excluding carboxylic acids is 1. The van der Waals surface area contributed by atoms with Crippen molar-refractivity contribution in [2.24, 2.45) is 0 Å². The third kappa shape index (κ3) is 4.42. The summed E-state index contributed by atoms with van der Waals surface area (Å²) >= 11 is 5.78. The van der Waals surface area contributed by atoms with E-state index in [2.05, 4.69) is 0 Å². The summed E-state index contributed by atoms with van der Waals surface area (Å²) in [5, 5.41) is 11.2. The molecule has 0 spiro atoms. The molecule has 4 nitrogen and oxygen atoms in total. The van der Waals surface area contributed by atoms with Gasteiger partial charge in [0.05, 0.1) is 5.69 Å². The molecular weight excluding hydrogens is 289 g/mol. The molecule has 2 rings (SSSR count). The SMILES string of the molecule is Nc1c(CC(=O)[O-])cccc1Oc1ccc(Cl)cc1.[Na+]. The van der Waals surface area contributed by atoms with Gasteiger partial charge in [-0.15, -0.1) is 0 Å². The largest absolute Gasteiger partial charge is 1.00 e. The number of para-hydroxylation sites is 1. The van der Waals surface area contributed by atoms with Gasteiger partial charge in [-0.3, -0.25) is 0 Å². The number of nitrogens with two attached hydrogens (primary N) is 1. The minimum absolute atomic E-state index is 0. The second kappa shape index (κ2) is 7.55. The maximum absolute atomic E-state index is 10.6. The van der Waals surface area contributed by atoms with Crippen LogP contribution in [-0.2, 0) is 11.2 Å². The Morgan fingerprint density at radius 2 is 1.85 bits per heavy atom. The summed E-state index contributed by atoms with van der Waals surface area (Å²) in [6.45, 7) is 0. The second-order valence-electron chi connectivity index (χ2n) is 3.93. The standard InChI is InChI=1S/C14H12ClNO3.Na/c15-10-4-6-11(7-5-10)19-12-3-1-2-9(14(12)16)8-13(17)18;/h1-7H,8,16H2,(H,17,18);/q;+1/p-1. The zero-order valence-electron chi connectivity index (χ0n) is 10.9. The van der Waals surface area contributed by atoms with Crippen molar-refractivity contribution in [3.63, 3.8) is 0 Å². The van der Waals surface area contributed by atoms with Crippen LogP contribution in [0.25, 0.3) is 0 Å². The van der Waals surface area contributed by atoms with Gasteiger partial charge in [-0.05, 0) is 35.9 Å². The van der Waals surface area contributed by atoms with E-state index in [1.807, 2.05) is 0 Å². The third-order valence-electron chi connectivity index (χ3n) is 2.53. The number of carbonyl (C=O) groups is 1. The Kier molecular flexibility index (Phi) is 6.36. The zero-order chi connectivity index (χ0) is 13.8. The Labute approximate surface area is 143 Å². The summed E-state index contributed by atoms with van der Waals surface area (Å²) in [6, 6.07) is 11.8. The first-order chi connectivity index (χ1) is 9.06. The summed E-state index contributed by atoms with van der Waals surface area (Å²) in [7, 11) is 0. The maximum atomic E-state index is 10.6. The molecule has 0 aliphatic heterocycles. The average molecular weight is 300 g/mol. The van der Waals surface area contributed by atoms with Crippen LogP contribution in [-0.4, -0.2) is 5.97 Å². The molecule has 20 heavy (non-hydrogen) atoms. The summed E-state index contributed by atoms with van der Waals surface area (Å²) in [5.74, 6) is -0.210. The molecule has 0 aliphatic carbocycles. The van der Waals surface area contributed by atoms with Crippen LogP contribution in [0.5, 0.6) is 11.5 Å². The Morgan fingerprint density at radius 1 is 1.20 bits per heavy atom. The molecule has 0 aromatic heterocycles. The van der Waals surface area contributed by atoms with Crippen LogP contribution in [0.2, 0.25) is 5.02 Å². The van der Waals surface area contributed by atoms with Crippen LogP contribution in [0.15, 0.2) is 42.5 Å². The van der Waals surface area contributed by atoms with Crippen molar-refractivity contribution < 1.29 is 44.2 Å². The molecule has 0 saturated carbocycles. The quantitative estimate of drug-likeness (QED) is 0.581. The molecule has 0 fully saturated rings. The van der Waals surface area contributed by atoms with Gasteiger partial charge in [0.1, 0.15) is 5.75 Å². The first kappa shape index (κ1) is 16.9. The Bertz CT molecular complexity index is 602. The Morgan fingerprint density at radius 3 is 2.45 bits per heavy atom. The fourth-order valence-electron chi connectivity index (χ4n) is 1.62. The van der Waals surface area contributed by atoms with Crippen LogP contribution in [0.4, 0.5) is 5.69 Å². The van der Waals surface area contributed by atoms with E-state index in [0.717, 1.165) is 0 Å². The molecular formula is C14H11ClNNaO3. The molecule has 0 atom stereocenters. The van der Waals surface area contributed by atoms with Crippen molar-refractivity contribution >= 4 is 23.3 Å². The van der Waals surface area contributed by atoms with Crippen molar-refractivity contribution in [3.8, 4) is 11.5 Å². The molecule has 0 amide bonds. The molecule has 0 bridgehead atoms. The van der Waals surface area contributed by atoms with Crippen LogP contribution in [0.3, 0.4) is 0 Å². The van der Waals surface area contributed by atoms with Crippen LogP contribution in [0.1, 0.15) is 5.56 Å². The number of nitrogen functional groups attached to an aromatic ring is 1. The second-order valence-corrected chi connectivity index (χ2v) is 4.37. The van der Waals surface area contributed by atoms with Crippen molar-refractivity contribution in [2.45, 2.75) is 6.42 Å². The van der Waals surface area contributed by atoms with E-state index in [-0.39, 0.29) is 36.0 Å². The molecule has 2 aromatic carbocycles. The van der Waals surface area contributed by atoms with Gasteiger partial charge in [0.2, 0.25) is 0 Å². The van der Waals surface area contributed by atoms with E-state index >= 15 is 0 Å². The number of hydrogen-bond acceptors (Lipinski definition) is 4. The molecule has 98 valence electrons. The van der Waals surface area contributed by atoms with Gasteiger partial charge in [0, 0.05) is 17.4 Å². The van der Waals surface area contributed by atoms with E-state index in [1.165, 1.54) is 0 Å². The normalized spacial score (nSPS) is 9.65. The first-order valence-corrected chi connectivity index (χ1v) is 5.94. The third-order valence-corrected chi connectivity index (χ3v) is 2.78. The smallest absolute Gasteiger partial charge is 0.550 e. The predicted octanol–water partition coefficient (Wildman–Crippen LogP) is -0.989. The van der Waals surface area contributed by atoms with Crippen molar-refractivity contribution in [3.05, 3.63) is 53.1 Å². The van der Waals surface area contributed by atoms with Gasteiger partial charge >= 0.3 is 29.6 Å². The molecule has 2 aromatic rings. The van der Waals surface area contributed by atoms with Gasteiger partial charge in [-0.25, -0.2) is 0 Å². The predicted molar refractivity (Wildman–Crippen MR) is 71.1 cm³/mol. The monoisotopic (exact) mass is 299 g/mol. The summed E-state index contributed by atoms with van der Waals surface area (Å²) in [5.41, 5.74) is 6.62. The number of rotatable bonds is 4. The molecule has 0 heterocycles. The van der Waals surface area contributed by atoms with Crippen LogP contribution < -0.4 is 45.1 Å². The fraction of sp³-hybridized carbons (Fsp3) is 0.0714. The maximum Gasteiger partial charge on any atom is 1.00 e. The zero-order valence-corrected chi connectivity index (χ0v) is 13.7. The number of carboxylic acids is 1. The van der Waals surface area contributed by atoms with Gasteiger partial charge < -0.3 is 20.4 Å². The minimum Gasteiger partial charge on any atom is -0.550 e. The fourth-order valence-corrected chi connectivity index (χ4v) is 1.74. The Balaban J connectivity index is 0.00000200. The van der Waals surface area contributed by atoms with Crippen molar-refractivity contribution in [1.29, 1.82) is 0 Å². The minimum atomic E-state index is -1.18. The van der Waals surface area contributed by atoms with E-state index < -0.39 is 5.97 Å². The molecule has 0 saturated heterocycles. The number of ether oxygens (including phenoxy) is 1.